The van der Waals surface area contributed by atoms with E-state index in [1.165, 1.54) is 31.8 Å². The third-order valence-corrected chi connectivity index (χ3v) is 3.63. The van der Waals surface area contributed by atoms with Crippen molar-refractivity contribution in [1.82, 2.24) is 25.4 Å². The Morgan fingerprint density at radius 3 is 2.86 bits per heavy atom. The average molecular weight is 394 g/mol. The first-order valence-corrected chi connectivity index (χ1v) is 8.62. The van der Waals surface area contributed by atoms with E-state index in [2.05, 4.69) is 30.5 Å². The van der Waals surface area contributed by atoms with Crippen LogP contribution >= 0.6 is 0 Å². The molecule has 0 saturated carbocycles. The summed E-state index contributed by atoms with van der Waals surface area (Å²) in [5, 5.41) is 3.84. The minimum Gasteiger partial charge on any atom is -0.482 e. The predicted molar refractivity (Wildman–Crippen MR) is 105 cm³/mol. The lowest BCUT2D eigenvalue weighted by Gasteiger charge is -2.05. The summed E-state index contributed by atoms with van der Waals surface area (Å²) < 4.78 is 10.3. The van der Waals surface area contributed by atoms with Gasteiger partial charge in [-0.05, 0) is 13.0 Å². The number of pyridine rings is 2. The molecule has 10 nitrogen and oxygen atoms in total. The van der Waals surface area contributed by atoms with Crippen molar-refractivity contribution >= 4 is 12.1 Å². The molecule has 2 N–H and O–H groups in total. The van der Waals surface area contributed by atoms with E-state index in [4.69, 9.17) is 9.47 Å². The molecular weight excluding hydrogens is 376 g/mol. The largest absolute Gasteiger partial charge is 0.482 e. The fourth-order valence-electron chi connectivity index (χ4n) is 2.32. The van der Waals surface area contributed by atoms with E-state index in [9.17, 15) is 9.59 Å². The van der Waals surface area contributed by atoms with Gasteiger partial charge in [0.05, 0.1) is 38.0 Å². The van der Waals surface area contributed by atoms with E-state index in [1.807, 2.05) is 6.92 Å². The quantitative estimate of drug-likeness (QED) is 0.457. The van der Waals surface area contributed by atoms with Crippen LogP contribution in [0.5, 0.6) is 11.8 Å². The summed E-state index contributed by atoms with van der Waals surface area (Å²) in [6.07, 6.45) is 5.77. The van der Waals surface area contributed by atoms with Crippen LogP contribution < -0.4 is 20.5 Å². The summed E-state index contributed by atoms with van der Waals surface area (Å²) in [5.74, 6) is 0.239. The molecule has 0 aliphatic rings. The van der Waals surface area contributed by atoms with E-state index in [-0.39, 0.29) is 17.1 Å². The molecule has 0 spiro atoms. The van der Waals surface area contributed by atoms with Crippen molar-refractivity contribution in [2.24, 2.45) is 5.10 Å². The molecule has 3 heterocycles. The lowest BCUT2D eigenvalue weighted by molar-refractivity contribution is 0.0950. The van der Waals surface area contributed by atoms with Gasteiger partial charge in [0.25, 0.3) is 11.5 Å². The first kappa shape index (κ1) is 19.7. The summed E-state index contributed by atoms with van der Waals surface area (Å²) >= 11 is 0. The van der Waals surface area contributed by atoms with Crippen molar-refractivity contribution in [3.8, 4) is 23.0 Å². The molecule has 1 amide bonds. The minimum absolute atomic E-state index is 0.0806. The molecule has 0 unspecified atom stereocenters. The smallest absolute Gasteiger partial charge is 0.291 e. The van der Waals surface area contributed by atoms with Gasteiger partial charge in [-0.3, -0.25) is 19.6 Å². The highest BCUT2D eigenvalue weighted by Gasteiger charge is 2.10. The number of carbonyl (C=O) groups is 1. The van der Waals surface area contributed by atoms with Gasteiger partial charge in [0.15, 0.2) is 5.88 Å². The molecule has 0 saturated heterocycles. The summed E-state index contributed by atoms with van der Waals surface area (Å²) in [4.78, 5) is 38.8. The first-order chi connectivity index (χ1) is 14.1. The lowest BCUT2D eigenvalue weighted by Crippen LogP contribution is -2.19. The van der Waals surface area contributed by atoms with E-state index >= 15 is 0 Å². The normalized spacial score (nSPS) is 10.7. The van der Waals surface area contributed by atoms with E-state index in [0.717, 1.165) is 0 Å². The van der Waals surface area contributed by atoms with Gasteiger partial charge >= 0.3 is 0 Å². The monoisotopic (exact) mass is 394 g/mol. The molecule has 3 aromatic rings. The van der Waals surface area contributed by atoms with Gasteiger partial charge in [-0.15, -0.1) is 0 Å². The zero-order valence-electron chi connectivity index (χ0n) is 15.7. The van der Waals surface area contributed by atoms with Crippen molar-refractivity contribution in [3.05, 3.63) is 64.5 Å². The third kappa shape index (κ3) is 5.22. The van der Waals surface area contributed by atoms with Gasteiger partial charge in [-0.1, -0.05) is 0 Å². The topological polar surface area (TPSA) is 131 Å². The molecule has 0 fully saturated rings. The highest BCUT2D eigenvalue weighted by atomic mass is 16.5. The number of hydrogen-bond acceptors (Lipinski definition) is 8. The van der Waals surface area contributed by atoms with Gasteiger partial charge in [0, 0.05) is 35.5 Å². The molecule has 0 atom stereocenters. The summed E-state index contributed by atoms with van der Waals surface area (Å²) in [6, 6.07) is 6.38. The molecule has 0 radical (unpaired) electrons. The summed E-state index contributed by atoms with van der Waals surface area (Å²) in [7, 11) is 1.43. The number of aromatic amines is 1. The molecule has 148 valence electrons. The highest BCUT2D eigenvalue weighted by Crippen LogP contribution is 2.17. The molecule has 10 heteroatoms. The van der Waals surface area contributed by atoms with Crippen LogP contribution in [-0.2, 0) is 0 Å². The van der Waals surface area contributed by atoms with Crippen LogP contribution in [0.15, 0.2) is 52.8 Å². The van der Waals surface area contributed by atoms with Crippen LogP contribution in [0, 0.1) is 0 Å². The van der Waals surface area contributed by atoms with Crippen LogP contribution in [0.25, 0.3) is 11.3 Å². The zero-order chi connectivity index (χ0) is 20.6. The molecule has 3 aromatic heterocycles. The van der Waals surface area contributed by atoms with Gasteiger partial charge in [-0.2, -0.15) is 5.10 Å². The number of amides is 1. The van der Waals surface area contributed by atoms with Crippen LogP contribution in [0.2, 0.25) is 0 Å². The Morgan fingerprint density at radius 1 is 1.28 bits per heavy atom. The zero-order valence-corrected chi connectivity index (χ0v) is 15.7. The van der Waals surface area contributed by atoms with E-state index < -0.39 is 5.91 Å². The SMILES string of the molecule is CCOc1ccc(-c2cncc(C(=O)N/N=C/c3cc(OC)[nH]c(=O)c3)n2)cn1. The Kier molecular flexibility index (Phi) is 6.25. The van der Waals surface area contributed by atoms with Crippen LogP contribution in [0.3, 0.4) is 0 Å². The van der Waals surface area contributed by atoms with Crippen LogP contribution in [0.1, 0.15) is 23.0 Å². The number of methoxy groups -OCH3 is 1. The fraction of sp³-hybridized carbons (Fsp3) is 0.158. The van der Waals surface area contributed by atoms with Crippen LogP contribution in [0.4, 0.5) is 0 Å². The minimum atomic E-state index is -0.550. The second-order valence-corrected chi connectivity index (χ2v) is 5.65. The Hall–Kier alpha value is -4.08. The van der Waals surface area contributed by atoms with Gasteiger partial charge < -0.3 is 9.47 Å². The first-order valence-electron chi connectivity index (χ1n) is 8.62. The number of carbonyl (C=O) groups excluding carboxylic acids is 1. The molecule has 29 heavy (non-hydrogen) atoms. The number of hydrazone groups is 1. The molecule has 0 aromatic carbocycles. The second-order valence-electron chi connectivity index (χ2n) is 5.65. The Labute approximate surface area is 165 Å². The number of ether oxygens (including phenoxy) is 2. The van der Waals surface area contributed by atoms with Crippen molar-refractivity contribution in [1.29, 1.82) is 0 Å². The number of rotatable bonds is 7. The number of aromatic nitrogens is 4. The highest BCUT2D eigenvalue weighted by molar-refractivity contribution is 5.93. The molecular formula is C19H18N6O4. The third-order valence-electron chi connectivity index (χ3n) is 3.63. The summed E-state index contributed by atoms with van der Waals surface area (Å²) in [5.41, 5.74) is 3.72. The Balaban J connectivity index is 1.71. The Bertz CT molecular complexity index is 1080. The van der Waals surface area contributed by atoms with Crippen molar-refractivity contribution in [2.75, 3.05) is 13.7 Å². The number of hydrogen-bond donors (Lipinski definition) is 2. The van der Waals surface area contributed by atoms with Gasteiger partial charge in [-0.25, -0.2) is 15.4 Å². The van der Waals surface area contributed by atoms with Crippen molar-refractivity contribution < 1.29 is 14.3 Å². The van der Waals surface area contributed by atoms with Crippen LogP contribution in [-0.4, -0.2) is 45.8 Å². The van der Waals surface area contributed by atoms with E-state index in [0.29, 0.717) is 29.3 Å². The number of nitrogens with zero attached hydrogens (tertiary/aromatic N) is 4. The maximum absolute atomic E-state index is 12.3. The van der Waals surface area contributed by atoms with Crippen molar-refractivity contribution in [3.63, 3.8) is 0 Å². The standard InChI is InChI=1S/C19H18N6O4/c1-3-29-17-5-4-13(9-21-17)14-10-20-11-15(23-14)19(27)25-22-8-12-6-16(26)24-18(7-12)28-2/h4-11H,3H2,1-2H3,(H,24,26)(H,25,27)/b22-8+. The average Bonchev–Trinajstić information content (AvgIpc) is 2.74. The van der Waals surface area contributed by atoms with E-state index in [1.54, 1.807) is 24.4 Å². The predicted octanol–water partition coefficient (Wildman–Crippen LogP) is 1.40. The Morgan fingerprint density at radius 2 is 2.14 bits per heavy atom. The molecule has 0 bridgehead atoms. The molecule has 0 aliphatic heterocycles. The molecule has 0 aliphatic carbocycles. The number of nitrogens with one attached hydrogen (secondary N) is 2. The summed E-state index contributed by atoms with van der Waals surface area (Å²) in [6.45, 7) is 2.39. The van der Waals surface area contributed by atoms with Crippen molar-refractivity contribution in [2.45, 2.75) is 6.92 Å². The van der Waals surface area contributed by atoms with Gasteiger partial charge in [0.2, 0.25) is 5.88 Å². The maximum atomic E-state index is 12.3. The van der Waals surface area contributed by atoms with Gasteiger partial charge in [0.1, 0.15) is 5.69 Å². The molecule has 3 rings (SSSR count). The maximum Gasteiger partial charge on any atom is 0.291 e. The second kappa shape index (κ2) is 9.22. The lowest BCUT2D eigenvalue weighted by atomic mass is 10.2. The number of H-pyrrole nitrogens is 1. The fourth-order valence-corrected chi connectivity index (χ4v) is 2.32.